The lowest BCUT2D eigenvalue weighted by Gasteiger charge is -2.18. The molecule has 3 heteroatoms. The zero-order valence-electron chi connectivity index (χ0n) is 9.24. The molecule has 2 N–H and O–H groups in total. The normalized spacial score (nSPS) is 14.7. The van der Waals surface area contributed by atoms with Crippen molar-refractivity contribution in [2.45, 2.75) is 26.3 Å². The van der Waals surface area contributed by atoms with Crippen molar-refractivity contribution in [3.8, 4) is 5.75 Å². The first-order valence-corrected chi connectivity index (χ1v) is 5.27. The van der Waals surface area contributed by atoms with Gasteiger partial charge in [0.2, 0.25) is 0 Å². The lowest BCUT2D eigenvalue weighted by atomic mass is 10.0. The Morgan fingerprint density at radius 2 is 2.20 bits per heavy atom. The Bertz CT molecular complexity index is 303. The van der Waals surface area contributed by atoms with Gasteiger partial charge in [0, 0.05) is 12.1 Å². The molecule has 0 spiro atoms. The number of rotatable bonds is 5. The molecule has 0 saturated heterocycles. The zero-order chi connectivity index (χ0) is 11.3. The summed E-state index contributed by atoms with van der Waals surface area (Å²) in [4.78, 5) is 0. The Morgan fingerprint density at radius 1 is 1.47 bits per heavy atom. The SMILES string of the molecule is CC[C@H](C)[C@@H](N)COc1cccc(F)c1. The average Bonchev–Trinajstić information content (AvgIpc) is 2.25. The first-order valence-electron chi connectivity index (χ1n) is 5.27. The molecule has 0 fully saturated rings. The highest BCUT2D eigenvalue weighted by Gasteiger charge is 2.11. The first-order chi connectivity index (χ1) is 7.13. The summed E-state index contributed by atoms with van der Waals surface area (Å²) in [5.74, 6) is 0.664. The van der Waals surface area contributed by atoms with Gasteiger partial charge >= 0.3 is 0 Å². The molecule has 0 aliphatic heterocycles. The van der Waals surface area contributed by atoms with Crippen LogP contribution in [0.1, 0.15) is 20.3 Å². The van der Waals surface area contributed by atoms with E-state index in [-0.39, 0.29) is 11.9 Å². The van der Waals surface area contributed by atoms with Crippen LogP contribution in [0.5, 0.6) is 5.75 Å². The molecule has 0 aliphatic rings. The molecule has 0 aliphatic carbocycles. The molecule has 1 rings (SSSR count). The fraction of sp³-hybridized carbons (Fsp3) is 0.500. The minimum Gasteiger partial charge on any atom is -0.492 e. The molecule has 1 aromatic carbocycles. The number of hydrogen-bond acceptors (Lipinski definition) is 2. The van der Waals surface area contributed by atoms with Gasteiger partial charge in [0.15, 0.2) is 0 Å². The van der Waals surface area contributed by atoms with Crippen LogP contribution in [0, 0.1) is 11.7 Å². The second-order valence-electron chi connectivity index (χ2n) is 3.82. The first kappa shape index (κ1) is 12.0. The molecule has 0 unspecified atom stereocenters. The third-order valence-corrected chi connectivity index (χ3v) is 2.61. The second kappa shape index (κ2) is 5.71. The van der Waals surface area contributed by atoms with Crippen LogP contribution in [-0.4, -0.2) is 12.6 Å². The van der Waals surface area contributed by atoms with E-state index in [0.29, 0.717) is 18.3 Å². The summed E-state index contributed by atoms with van der Waals surface area (Å²) < 4.78 is 18.2. The van der Waals surface area contributed by atoms with Gasteiger partial charge in [-0.2, -0.15) is 0 Å². The van der Waals surface area contributed by atoms with Gasteiger partial charge in [-0.1, -0.05) is 26.3 Å². The molecule has 0 aromatic heterocycles. The minimum absolute atomic E-state index is 0.00160. The molecule has 0 radical (unpaired) electrons. The van der Waals surface area contributed by atoms with Crippen LogP contribution >= 0.6 is 0 Å². The summed E-state index contributed by atoms with van der Waals surface area (Å²) in [6.07, 6.45) is 1.02. The largest absolute Gasteiger partial charge is 0.492 e. The van der Waals surface area contributed by atoms with Gasteiger partial charge in [-0.3, -0.25) is 0 Å². The lowest BCUT2D eigenvalue weighted by Crippen LogP contribution is -2.34. The summed E-state index contributed by atoms with van der Waals surface area (Å²) in [5.41, 5.74) is 5.89. The average molecular weight is 211 g/mol. The quantitative estimate of drug-likeness (QED) is 0.812. The Labute approximate surface area is 90.2 Å². The van der Waals surface area contributed by atoms with E-state index in [1.54, 1.807) is 12.1 Å². The van der Waals surface area contributed by atoms with Crippen molar-refractivity contribution < 1.29 is 9.13 Å². The van der Waals surface area contributed by atoms with Crippen LogP contribution in [0.2, 0.25) is 0 Å². The molecule has 1 aromatic rings. The number of halogens is 1. The summed E-state index contributed by atoms with van der Waals surface area (Å²) in [6.45, 7) is 4.60. The van der Waals surface area contributed by atoms with Crippen LogP contribution in [0.25, 0.3) is 0 Å². The van der Waals surface area contributed by atoms with E-state index in [1.165, 1.54) is 12.1 Å². The molecule has 0 bridgehead atoms. The van der Waals surface area contributed by atoms with Crippen LogP contribution < -0.4 is 10.5 Å². The van der Waals surface area contributed by atoms with Gasteiger partial charge < -0.3 is 10.5 Å². The van der Waals surface area contributed by atoms with Crippen molar-refractivity contribution in [3.63, 3.8) is 0 Å². The van der Waals surface area contributed by atoms with E-state index < -0.39 is 0 Å². The highest BCUT2D eigenvalue weighted by Crippen LogP contribution is 2.13. The number of ether oxygens (including phenoxy) is 1. The molecular weight excluding hydrogens is 193 g/mol. The molecule has 0 heterocycles. The highest BCUT2D eigenvalue weighted by atomic mass is 19.1. The van der Waals surface area contributed by atoms with Gasteiger partial charge in [-0.25, -0.2) is 4.39 Å². The van der Waals surface area contributed by atoms with Crippen molar-refractivity contribution in [2.75, 3.05) is 6.61 Å². The predicted molar refractivity (Wildman–Crippen MR) is 59.3 cm³/mol. The summed E-state index contributed by atoms with van der Waals surface area (Å²) in [5, 5.41) is 0. The summed E-state index contributed by atoms with van der Waals surface area (Å²) in [7, 11) is 0. The van der Waals surface area contributed by atoms with Crippen molar-refractivity contribution in [1.82, 2.24) is 0 Å². The molecule has 0 saturated carbocycles. The fourth-order valence-corrected chi connectivity index (χ4v) is 1.22. The Morgan fingerprint density at radius 3 is 2.80 bits per heavy atom. The smallest absolute Gasteiger partial charge is 0.126 e. The topological polar surface area (TPSA) is 35.2 Å². The van der Waals surface area contributed by atoms with Crippen LogP contribution in [0.4, 0.5) is 4.39 Å². The van der Waals surface area contributed by atoms with Crippen LogP contribution in [-0.2, 0) is 0 Å². The van der Waals surface area contributed by atoms with Gasteiger partial charge in [0.25, 0.3) is 0 Å². The van der Waals surface area contributed by atoms with Crippen molar-refractivity contribution in [2.24, 2.45) is 11.7 Å². The number of nitrogens with two attached hydrogens (primary N) is 1. The molecule has 0 amide bonds. The van der Waals surface area contributed by atoms with Gasteiger partial charge in [-0.15, -0.1) is 0 Å². The maximum absolute atomic E-state index is 12.8. The maximum atomic E-state index is 12.8. The van der Waals surface area contributed by atoms with E-state index in [2.05, 4.69) is 13.8 Å². The van der Waals surface area contributed by atoms with Gasteiger partial charge in [-0.05, 0) is 18.1 Å². The van der Waals surface area contributed by atoms with Crippen LogP contribution in [0.15, 0.2) is 24.3 Å². The summed E-state index contributed by atoms with van der Waals surface area (Å²) in [6, 6.07) is 6.11. The van der Waals surface area contributed by atoms with Gasteiger partial charge in [0.1, 0.15) is 18.2 Å². The van der Waals surface area contributed by atoms with E-state index in [4.69, 9.17) is 10.5 Å². The zero-order valence-corrected chi connectivity index (χ0v) is 9.24. The van der Waals surface area contributed by atoms with Gasteiger partial charge in [0.05, 0.1) is 0 Å². The summed E-state index contributed by atoms with van der Waals surface area (Å²) >= 11 is 0. The molecule has 84 valence electrons. The molecular formula is C12H18FNO. The Hall–Kier alpha value is -1.09. The third kappa shape index (κ3) is 3.88. The minimum atomic E-state index is -0.287. The highest BCUT2D eigenvalue weighted by molar-refractivity contribution is 5.22. The second-order valence-corrected chi connectivity index (χ2v) is 3.82. The van der Waals surface area contributed by atoms with E-state index in [9.17, 15) is 4.39 Å². The Kier molecular flexibility index (Phi) is 4.56. The maximum Gasteiger partial charge on any atom is 0.126 e. The predicted octanol–water partition coefficient (Wildman–Crippen LogP) is 2.58. The van der Waals surface area contributed by atoms with Crippen LogP contribution in [0.3, 0.4) is 0 Å². The standard InChI is InChI=1S/C12H18FNO/c1-3-9(2)12(14)8-15-11-6-4-5-10(13)7-11/h4-7,9,12H,3,8,14H2,1-2H3/t9-,12-/m0/s1. The van der Waals surface area contributed by atoms with Crippen molar-refractivity contribution in [1.29, 1.82) is 0 Å². The fourth-order valence-electron chi connectivity index (χ4n) is 1.22. The van der Waals surface area contributed by atoms with E-state index in [1.807, 2.05) is 0 Å². The lowest BCUT2D eigenvalue weighted by molar-refractivity contribution is 0.249. The Balaban J connectivity index is 2.43. The van der Waals surface area contributed by atoms with E-state index in [0.717, 1.165) is 6.42 Å². The van der Waals surface area contributed by atoms with Crippen molar-refractivity contribution in [3.05, 3.63) is 30.1 Å². The molecule has 2 atom stereocenters. The molecule has 15 heavy (non-hydrogen) atoms. The van der Waals surface area contributed by atoms with E-state index >= 15 is 0 Å². The van der Waals surface area contributed by atoms with Crippen molar-refractivity contribution >= 4 is 0 Å². The third-order valence-electron chi connectivity index (χ3n) is 2.61. The monoisotopic (exact) mass is 211 g/mol. The number of benzene rings is 1. The number of hydrogen-bond donors (Lipinski definition) is 1. The molecule has 2 nitrogen and oxygen atoms in total.